The molecule has 4 aliphatic carbocycles. The van der Waals surface area contributed by atoms with Crippen LogP contribution >= 0.6 is 0 Å². The number of sulfonamides is 1. The van der Waals surface area contributed by atoms with E-state index < -0.39 is 10.0 Å². The van der Waals surface area contributed by atoms with Crippen LogP contribution in [0.2, 0.25) is 0 Å². The van der Waals surface area contributed by atoms with Crippen molar-refractivity contribution in [3.63, 3.8) is 0 Å². The maximum Gasteiger partial charge on any atom is 0.240 e. The topological polar surface area (TPSA) is 58.2 Å². The van der Waals surface area contributed by atoms with Gasteiger partial charge in [0, 0.05) is 12.1 Å². The van der Waals surface area contributed by atoms with E-state index in [1.807, 2.05) is 6.07 Å². The maximum atomic E-state index is 12.3. The molecular formula is C23H36N2O2S. The fourth-order valence-corrected chi connectivity index (χ4v) is 8.08. The van der Waals surface area contributed by atoms with E-state index in [1.165, 1.54) is 32.1 Å². The molecule has 0 heterocycles. The molecular weight excluding hydrogens is 368 g/mol. The lowest BCUT2D eigenvalue weighted by atomic mass is 9.45. The number of hydrogen-bond donors (Lipinski definition) is 2. The van der Waals surface area contributed by atoms with Gasteiger partial charge in [-0.15, -0.1) is 0 Å². The van der Waals surface area contributed by atoms with Crippen LogP contribution in [-0.2, 0) is 10.0 Å². The smallest absolute Gasteiger partial charge is 0.240 e. The quantitative estimate of drug-likeness (QED) is 0.670. The summed E-state index contributed by atoms with van der Waals surface area (Å²) in [5.74, 6) is 3.52. The summed E-state index contributed by atoms with van der Waals surface area (Å²) >= 11 is 0. The van der Waals surface area contributed by atoms with Gasteiger partial charge in [0.2, 0.25) is 10.0 Å². The first-order valence-electron chi connectivity index (χ1n) is 11.0. The first-order valence-corrected chi connectivity index (χ1v) is 12.5. The highest BCUT2D eigenvalue weighted by Gasteiger charge is 2.57. The predicted molar refractivity (Wildman–Crippen MR) is 113 cm³/mol. The summed E-state index contributed by atoms with van der Waals surface area (Å²) in [5, 5.41) is 3.89. The summed E-state index contributed by atoms with van der Waals surface area (Å²) < 4.78 is 27.4. The highest BCUT2D eigenvalue weighted by Crippen LogP contribution is 2.62. The van der Waals surface area contributed by atoms with E-state index in [0.29, 0.717) is 22.4 Å². The normalized spacial score (nSPS) is 34.7. The van der Waals surface area contributed by atoms with Crippen molar-refractivity contribution >= 4 is 10.0 Å². The third-order valence-electron chi connectivity index (χ3n) is 7.47. The Balaban J connectivity index is 1.28. The van der Waals surface area contributed by atoms with Gasteiger partial charge in [-0.05, 0) is 86.3 Å². The molecule has 4 aliphatic rings. The van der Waals surface area contributed by atoms with Crippen molar-refractivity contribution in [2.24, 2.45) is 29.1 Å². The number of hydrogen-bond acceptors (Lipinski definition) is 3. The van der Waals surface area contributed by atoms with Crippen LogP contribution in [0.5, 0.6) is 0 Å². The Morgan fingerprint density at radius 1 is 1.00 bits per heavy atom. The number of rotatable bonds is 7. The summed E-state index contributed by atoms with van der Waals surface area (Å²) in [6.45, 7) is 8.67. The lowest BCUT2D eigenvalue weighted by molar-refractivity contribution is -0.103. The van der Waals surface area contributed by atoms with Crippen molar-refractivity contribution in [3.8, 4) is 0 Å². The lowest BCUT2D eigenvalue weighted by Gasteiger charge is -2.63. The molecule has 1 aromatic rings. The molecule has 28 heavy (non-hydrogen) atoms. The highest BCUT2D eigenvalue weighted by atomic mass is 32.2. The zero-order valence-corrected chi connectivity index (χ0v) is 18.4. The molecule has 4 fully saturated rings. The van der Waals surface area contributed by atoms with Crippen LogP contribution < -0.4 is 10.0 Å². The van der Waals surface area contributed by atoms with Crippen LogP contribution in [0.1, 0.15) is 59.3 Å². The van der Waals surface area contributed by atoms with Crippen LogP contribution in [0, 0.1) is 29.1 Å². The third kappa shape index (κ3) is 4.03. The van der Waals surface area contributed by atoms with Crippen LogP contribution in [0.4, 0.5) is 0 Å². The van der Waals surface area contributed by atoms with Gasteiger partial charge in [0.15, 0.2) is 0 Å². The minimum atomic E-state index is -3.39. The Morgan fingerprint density at radius 3 is 2.25 bits per heavy atom. The van der Waals surface area contributed by atoms with Gasteiger partial charge < -0.3 is 5.32 Å². The molecule has 0 aliphatic heterocycles. The second kappa shape index (κ2) is 7.41. The van der Waals surface area contributed by atoms with Gasteiger partial charge >= 0.3 is 0 Å². The average molecular weight is 405 g/mol. The van der Waals surface area contributed by atoms with Gasteiger partial charge in [0.1, 0.15) is 0 Å². The molecule has 5 rings (SSSR count). The van der Waals surface area contributed by atoms with Crippen LogP contribution in [0.15, 0.2) is 35.2 Å². The molecule has 0 saturated heterocycles. The van der Waals surface area contributed by atoms with Crippen LogP contribution in [0.3, 0.4) is 0 Å². The summed E-state index contributed by atoms with van der Waals surface area (Å²) in [5.41, 5.74) is 0.732. The van der Waals surface area contributed by atoms with E-state index in [2.05, 4.69) is 30.8 Å². The molecule has 2 atom stereocenters. The van der Waals surface area contributed by atoms with Crippen LogP contribution in [-0.4, -0.2) is 27.0 Å². The Morgan fingerprint density at radius 2 is 1.64 bits per heavy atom. The van der Waals surface area contributed by atoms with Crippen molar-refractivity contribution in [3.05, 3.63) is 30.3 Å². The summed E-state index contributed by atoms with van der Waals surface area (Å²) in [7, 11) is -3.39. The van der Waals surface area contributed by atoms with Gasteiger partial charge in [-0.1, -0.05) is 39.0 Å². The van der Waals surface area contributed by atoms with Crippen molar-refractivity contribution in [1.29, 1.82) is 0 Å². The first kappa shape index (κ1) is 20.4. The largest absolute Gasteiger partial charge is 0.311 e. The van der Waals surface area contributed by atoms with E-state index in [9.17, 15) is 8.42 Å². The fraction of sp³-hybridized carbons (Fsp3) is 0.739. The first-order chi connectivity index (χ1) is 13.2. The van der Waals surface area contributed by atoms with E-state index in [-0.39, 0.29) is 0 Å². The minimum absolute atomic E-state index is 0.316. The molecule has 4 bridgehead atoms. The third-order valence-corrected chi connectivity index (χ3v) is 8.95. The molecule has 4 nitrogen and oxygen atoms in total. The summed E-state index contributed by atoms with van der Waals surface area (Å²) in [4.78, 5) is 0.345. The Labute approximate surface area is 170 Å². The second-order valence-electron chi connectivity index (χ2n) is 10.6. The van der Waals surface area contributed by atoms with Gasteiger partial charge in [-0.25, -0.2) is 13.1 Å². The molecule has 2 unspecified atom stereocenters. The zero-order chi connectivity index (χ0) is 20.0. The van der Waals surface area contributed by atoms with E-state index >= 15 is 0 Å². The summed E-state index contributed by atoms with van der Waals surface area (Å²) in [6.07, 6.45) is 7.65. The Bertz CT molecular complexity index is 769. The number of nitrogens with one attached hydrogen (secondary N) is 2. The zero-order valence-electron chi connectivity index (χ0n) is 17.6. The Kier molecular flexibility index (Phi) is 5.39. The average Bonchev–Trinajstić information content (AvgIpc) is 2.60. The van der Waals surface area contributed by atoms with Gasteiger partial charge in [0.25, 0.3) is 0 Å². The van der Waals surface area contributed by atoms with Gasteiger partial charge in [0.05, 0.1) is 4.90 Å². The van der Waals surface area contributed by atoms with Crippen molar-refractivity contribution in [2.75, 3.05) is 13.1 Å². The predicted octanol–water partition coefficient (Wildman–Crippen LogP) is 4.19. The molecule has 0 aromatic heterocycles. The maximum absolute atomic E-state index is 12.3. The van der Waals surface area contributed by atoms with E-state index in [0.717, 1.165) is 36.6 Å². The molecule has 2 N–H and O–H groups in total. The molecule has 4 saturated carbocycles. The number of benzene rings is 1. The SMILES string of the molecule is CC(C)(C)C1C2CC3CC1CC(NCCCNS(=O)(=O)c1ccccc1)(C3)C2. The van der Waals surface area contributed by atoms with Gasteiger partial charge in [-0.3, -0.25) is 0 Å². The lowest BCUT2D eigenvalue weighted by Crippen LogP contribution is -2.63. The molecule has 156 valence electrons. The second-order valence-corrected chi connectivity index (χ2v) is 12.4. The molecule has 0 radical (unpaired) electrons. The monoisotopic (exact) mass is 404 g/mol. The van der Waals surface area contributed by atoms with Crippen molar-refractivity contribution in [1.82, 2.24) is 10.0 Å². The highest BCUT2D eigenvalue weighted by molar-refractivity contribution is 7.89. The molecule has 0 spiro atoms. The van der Waals surface area contributed by atoms with E-state index in [1.54, 1.807) is 24.3 Å². The Hall–Kier alpha value is -0.910. The van der Waals surface area contributed by atoms with Crippen molar-refractivity contribution < 1.29 is 8.42 Å². The molecule has 0 amide bonds. The minimum Gasteiger partial charge on any atom is -0.311 e. The van der Waals surface area contributed by atoms with Crippen molar-refractivity contribution in [2.45, 2.75) is 69.7 Å². The van der Waals surface area contributed by atoms with Crippen LogP contribution in [0.25, 0.3) is 0 Å². The molecule has 1 aromatic carbocycles. The van der Waals surface area contributed by atoms with Gasteiger partial charge in [-0.2, -0.15) is 0 Å². The molecule has 5 heteroatoms. The summed E-state index contributed by atoms with van der Waals surface area (Å²) in [6, 6.07) is 8.63. The standard InChI is InChI=1S/C23H36N2O2S/c1-22(2,3)21-18-12-17-13-19(21)16-23(14-17,15-18)24-10-7-11-25-28(26,27)20-8-5-4-6-9-20/h4-6,8-9,17-19,21,24-25H,7,10-16H2,1-3H3. The van der Waals surface area contributed by atoms with E-state index in [4.69, 9.17) is 0 Å². The fourth-order valence-electron chi connectivity index (χ4n) is 6.99.